The third-order valence-corrected chi connectivity index (χ3v) is 4.45. The number of hydrogen-bond donors (Lipinski definition) is 0. The van der Waals surface area contributed by atoms with E-state index in [0.29, 0.717) is 27.9 Å². The molecule has 0 unspecified atom stereocenters. The summed E-state index contributed by atoms with van der Waals surface area (Å²) in [5, 5.41) is 10.6. The fourth-order valence-electron chi connectivity index (χ4n) is 3.03. The highest BCUT2D eigenvalue weighted by Crippen LogP contribution is 2.29. The van der Waals surface area contributed by atoms with E-state index in [1.807, 2.05) is 10.6 Å². The molecule has 0 spiro atoms. The Bertz CT molecular complexity index is 1030. The fourth-order valence-corrected chi connectivity index (χ4v) is 3.20. The number of nitrogens with zero attached hydrogens (tertiary/aromatic N) is 5. The maximum atomic E-state index is 14.5. The molecular weight excluding hydrogens is 369 g/mol. The summed E-state index contributed by atoms with van der Waals surface area (Å²) in [6.07, 6.45) is 0. The lowest BCUT2D eigenvalue weighted by Gasteiger charge is -2.15. The second-order valence-corrected chi connectivity index (χ2v) is 6.70. The van der Waals surface area contributed by atoms with Crippen molar-refractivity contribution in [1.82, 2.24) is 19.8 Å². The number of benzene rings is 2. The largest absolute Gasteiger partial charge is 0.291 e. The maximum absolute atomic E-state index is 14.5. The summed E-state index contributed by atoms with van der Waals surface area (Å²) in [6, 6.07) is 12.0. The van der Waals surface area contributed by atoms with Gasteiger partial charge in [0, 0.05) is 30.2 Å². The first-order valence-corrected chi connectivity index (χ1v) is 8.75. The van der Waals surface area contributed by atoms with Crippen molar-refractivity contribution < 1.29 is 9.23 Å². The van der Waals surface area contributed by atoms with Crippen LogP contribution in [-0.4, -0.2) is 39.6 Å². The minimum absolute atomic E-state index is 0.247. The van der Waals surface area contributed by atoms with E-state index in [-0.39, 0.29) is 19.0 Å². The zero-order valence-corrected chi connectivity index (χ0v) is 15.6. The molecule has 0 atom stereocenters. The molecular formula is C19H17ClFN5O. The molecule has 4 rings (SSSR count). The lowest BCUT2D eigenvalue weighted by atomic mass is 10.00. The summed E-state index contributed by atoms with van der Waals surface area (Å²) < 4.78 is 16.4. The molecule has 0 saturated carbocycles. The highest BCUT2D eigenvalue weighted by atomic mass is 35.5. The van der Waals surface area contributed by atoms with Gasteiger partial charge in [0.15, 0.2) is 11.6 Å². The van der Waals surface area contributed by atoms with E-state index < -0.39 is 0 Å². The van der Waals surface area contributed by atoms with Gasteiger partial charge in [-0.1, -0.05) is 23.7 Å². The molecule has 138 valence electrons. The summed E-state index contributed by atoms with van der Waals surface area (Å²) in [6.45, 7) is 0.516. The van der Waals surface area contributed by atoms with E-state index in [4.69, 9.17) is 16.4 Å². The third kappa shape index (κ3) is 3.37. The van der Waals surface area contributed by atoms with Gasteiger partial charge in [0.25, 0.3) is 0 Å². The second-order valence-electron chi connectivity index (χ2n) is 6.26. The van der Waals surface area contributed by atoms with Gasteiger partial charge in [0.2, 0.25) is 0 Å². The maximum Gasteiger partial charge on any atom is 0.165 e. The van der Waals surface area contributed by atoms with Gasteiger partial charge in [0.1, 0.15) is 19.0 Å². The SMILES string of the molecule is CN(C)OCc1nnc2n1-c1ccc(Cl)cc1C(c1ccccc1F)=NC2. The Morgan fingerprint density at radius 3 is 2.74 bits per heavy atom. The monoisotopic (exact) mass is 385 g/mol. The Kier molecular flexibility index (Phi) is 4.73. The molecule has 1 aromatic heterocycles. The lowest BCUT2D eigenvalue weighted by molar-refractivity contribution is -0.133. The first kappa shape index (κ1) is 17.8. The van der Waals surface area contributed by atoms with Gasteiger partial charge in [-0.3, -0.25) is 14.4 Å². The molecule has 0 bridgehead atoms. The van der Waals surface area contributed by atoms with Crippen LogP contribution in [0, 0.1) is 5.82 Å². The molecule has 0 fully saturated rings. The number of fused-ring (bicyclic) bond motifs is 3. The van der Waals surface area contributed by atoms with Gasteiger partial charge in [-0.2, -0.15) is 5.06 Å². The molecule has 0 N–H and O–H groups in total. The van der Waals surface area contributed by atoms with Crippen LogP contribution in [0.25, 0.3) is 5.69 Å². The normalized spacial score (nSPS) is 13.1. The number of rotatable bonds is 4. The van der Waals surface area contributed by atoms with Crippen molar-refractivity contribution in [2.24, 2.45) is 4.99 Å². The predicted molar refractivity (Wildman–Crippen MR) is 101 cm³/mol. The number of hydroxylamine groups is 2. The molecule has 27 heavy (non-hydrogen) atoms. The van der Waals surface area contributed by atoms with Crippen molar-refractivity contribution in [3.05, 3.63) is 76.1 Å². The fraction of sp³-hybridized carbons (Fsp3) is 0.211. The number of hydrogen-bond acceptors (Lipinski definition) is 5. The average Bonchev–Trinajstić information content (AvgIpc) is 2.97. The van der Waals surface area contributed by atoms with Gasteiger partial charge in [-0.25, -0.2) is 4.39 Å². The molecule has 0 saturated heterocycles. The Morgan fingerprint density at radius 2 is 1.96 bits per heavy atom. The molecule has 0 radical (unpaired) electrons. The van der Waals surface area contributed by atoms with Crippen LogP contribution in [-0.2, 0) is 18.0 Å². The predicted octanol–water partition coefficient (Wildman–Crippen LogP) is 3.40. The Labute approximate surface area is 160 Å². The van der Waals surface area contributed by atoms with E-state index in [9.17, 15) is 4.39 Å². The topological polar surface area (TPSA) is 55.5 Å². The minimum atomic E-state index is -0.337. The molecule has 1 aliphatic rings. The van der Waals surface area contributed by atoms with Crippen molar-refractivity contribution in [3.63, 3.8) is 0 Å². The molecule has 2 aromatic carbocycles. The van der Waals surface area contributed by atoms with Crippen LogP contribution in [0.3, 0.4) is 0 Å². The first-order valence-electron chi connectivity index (χ1n) is 8.37. The number of halogens is 2. The summed E-state index contributed by atoms with van der Waals surface area (Å²) >= 11 is 6.25. The zero-order chi connectivity index (χ0) is 19.0. The van der Waals surface area contributed by atoms with Crippen LogP contribution in [0.4, 0.5) is 4.39 Å². The van der Waals surface area contributed by atoms with E-state index in [0.717, 1.165) is 11.3 Å². The summed E-state index contributed by atoms with van der Waals surface area (Å²) in [7, 11) is 3.60. The summed E-state index contributed by atoms with van der Waals surface area (Å²) in [4.78, 5) is 10.2. The standard InChI is InChI=1S/C19H17ClFN5O/c1-25(2)27-11-18-24-23-17-10-22-19(13-5-3-4-6-15(13)21)14-9-12(20)7-8-16(14)26(17)18/h3-9H,10-11H2,1-2H3. The number of aliphatic imine (C=N–C) groups is 1. The van der Waals surface area contributed by atoms with Gasteiger partial charge in [-0.15, -0.1) is 10.2 Å². The van der Waals surface area contributed by atoms with Crippen LogP contribution in [0.2, 0.25) is 5.02 Å². The highest BCUT2D eigenvalue weighted by Gasteiger charge is 2.24. The van der Waals surface area contributed by atoms with E-state index >= 15 is 0 Å². The van der Waals surface area contributed by atoms with Gasteiger partial charge in [-0.05, 0) is 30.3 Å². The van der Waals surface area contributed by atoms with Gasteiger partial charge in [0.05, 0.1) is 11.4 Å². The molecule has 8 heteroatoms. The van der Waals surface area contributed by atoms with Crippen molar-refractivity contribution in [2.75, 3.05) is 14.1 Å². The van der Waals surface area contributed by atoms with E-state index in [2.05, 4.69) is 15.2 Å². The molecule has 6 nitrogen and oxygen atoms in total. The zero-order valence-electron chi connectivity index (χ0n) is 14.9. The van der Waals surface area contributed by atoms with Crippen LogP contribution in [0.1, 0.15) is 22.8 Å². The van der Waals surface area contributed by atoms with Gasteiger partial charge < -0.3 is 0 Å². The van der Waals surface area contributed by atoms with E-state index in [1.54, 1.807) is 49.5 Å². The Hall–Kier alpha value is -2.61. The van der Waals surface area contributed by atoms with E-state index in [1.165, 1.54) is 6.07 Å². The van der Waals surface area contributed by atoms with Crippen LogP contribution in [0.5, 0.6) is 0 Å². The summed E-state index contributed by atoms with van der Waals surface area (Å²) in [5.74, 6) is 0.950. The average molecular weight is 386 g/mol. The smallest absolute Gasteiger partial charge is 0.165 e. The molecule has 0 amide bonds. The molecule has 0 aliphatic carbocycles. The van der Waals surface area contributed by atoms with Crippen molar-refractivity contribution in [2.45, 2.75) is 13.2 Å². The summed E-state index contributed by atoms with van der Waals surface area (Å²) in [5.41, 5.74) is 2.47. The number of aromatic nitrogens is 3. The first-order chi connectivity index (χ1) is 13.0. The van der Waals surface area contributed by atoms with Crippen LogP contribution in [0.15, 0.2) is 47.5 Å². The minimum Gasteiger partial charge on any atom is -0.291 e. The van der Waals surface area contributed by atoms with Crippen molar-refractivity contribution >= 4 is 17.3 Å². The van der Waals surface area contributed by atoms with Crippen LogP contribution >= 0.6 is 11.6 Å². The molecule has 2 heterocycles. The third-order valence-electron chi connectivity index (χ3n) is 4.21. The van der Waals surface area contributed by atoms with Crippen molar-refractivity contribution in [1.29, 1.82) is 0 Å². The van der Waals surface area contributed by atoms with Crippen LogP contribution < -0.4 is 0 Å². The molecule has 1 aliphatic heterocycles. The van der Waals surface area contributed by atoms with Gasteiger partial charge >= 0.3 is 0 Å². The second kappa shape index (κ2) is 7.19. The quantitative estimate of drug-likeness (QED) is 0.646. The lowest BCUT2D eigenvalue weighted by Crippen LogP contribution is -2.16. The highest BCUT2D eigenvalue weighted by molar-refractivity contribution is 6.31. The Morgan fingerprint density at radius 1 is 1.15 bits per heavy atom. The Balaban J connectivity index is 1.89. The van der Waals surface area contributed by atoms with Crippen molar-refractivity contribution in [3.8, 4) is 5.69 Å². The molecule has 3 aromatic rings.